The number of carboxylic acids is 1. The van der Waals surface area contributed by atoms with Crippen LogP contribution in [0.2, 0.25) is 5.02 Å². The van der Waals surface area contributed by atoms with Gasteiger partial charge in [-0.05, 0) is 24.3 Å². The van der Waals surface area contributed by atoms with Gasteiger partial charge in [0.15, 0.2) is 0 Å². The van der Waals surface area contributed by atoms with Gasteiger partial charge in [0.2, 0.25) is 0 Å². The second-order valence-corrected chi connectivity index (χ2v) is 3.70. The molecule has 0 fully saturated rings. The molecule has 0 saturated carbocycles. The van der Waals surface area contributed by atoms with Gasteiger partial charge in [-0.3, -0.25) is 4.79 Å². The Balaban J connectivity index is 2.36. The number of nitrogens with zero attached hydrogens (tertiary/aromatic N) is 2. The van der Waals surface area contributed by atoms with E-state index in [-0.39, 0.29) is 6.42 Å². The standard InChI is InChI=1S/C11H9ClN2O2/c12-8-1-3-9(4-2-8)14-6-5-13-10(14)7-11(15)16/h1-6H,7H2,(H,15,16). The first-order chi connectivity index (χ1) is 7.66. The fourth-order valence-corrected chi connectivity index (χ4v) is 1.56. The van der Waals surface area contributed by atoms with Crippen LogP contribution in [0, 0.1) is 0 Å². The summed E-state index contributed by atoms with van der Waals surface area (Å²) in [4.78, 5) is 14.6. The lowest BCUT2D eigenvalue weighted by molar-refractivity contribution is -0.136. The van der Waals surface area contributed by atoms with Gasteiger partial charge in [-0.1, -0.05) is 11.6 Å². The van der Waals surface area contributed by atoms with Crippen LogP contribution >= 0.6 is 11.6 Å². The van der Waals surface area contributed by atoms with Crippen LogP contribution in [-0.4, -0.2) is 20.6 Å². The van der Waals surface area contributed by atoms with E-state index in [0.29, 0.717) is 10.8 Å². The fraction of sp³-hybridized carbons (Fsp3) is 0.0909. The van der Waals surface area contributed by atoms with Crippen LogP contribution in [0.25, 0.3) is 5.69 Å². The lowest BCUT2D eigenvalue weighted by Gasteiger charge is -2.06. The number of halogens is 1. The molecule has 16 heavy (non-hydrogen) atoms. The molecule has 0 unspecified atom stereocenters. The molecule has 2 rings (SSSR count). The zero-order valence-electron chi connectivity index (χ0n) is 8.30. The molecule has 0 saturated heterocycles. The van der Waals surface area contributed by atoms with Crippen LogP contribution in [0.15, 0.2) is 36.7 Å². The lowest BCUT2D eigenvalue weighted by Crippen LogP contribution is -2.07. The molecule has 0 aliphatic rings. The third kappa shape index (κ3) is 2.23. The van der Waals surface area contributed by atoms with Crippen molar-refractivity contribution in [1.29, 1.82) is 0 Å². The van der Waals surface area contributed by atoms with Crippen molar-refractivity contribution in [2.75, 3.05) is 0 Å². The van der Waals surface area contributed by atoms with Crippen LogP contribution in [0.3, 0.4) is 0 Å². The van der Waals surface area contributed by atoms with Crippen molar-refractivity contribution < 1.29 is 9.90 Å². The van der Waals surface area contributed by atoms with Crippen molar-refractivity contribution in [3.63, 3.8) is 0 Å². The van der Waals surface area contributed by atoms with Gasteiger partial charge in [0, 0.05) is 23.1 Å². The molecule has 1 N–H and O–H groups in total. The lowest BCUT2D eigenvalue weighted by atomic mass is 10.3. The molecule has 1 aromatic carbocycles. The summed E-state index contributed by atoms with van der Waals surface area (Å²) in [6.45, 7) is 0. The summed E-state index contributed by atoms with van der Waals surface area (Å²) in [6.07, 6.45) is 3.20. The SMILES string of the molecule is O=C(O)Cc1nccn1-c1ccc(Cl)cc1. The van der Waals surface area contributed by atoms with Crippen LogP contribution in [0.1, 0.15) is 5.82 Å². The molecular weight excluding hydrogens is 228 g/mol. The number of carboxylic acid groups (broad SMARTS) is 1. The summed E-state index contributed by atoms with van der Waals surface area (Å²) in [5.41, 5.74) is 0.846. The third-order valence-corrected chi connectivity index (χ3v) is 2.38. The Morgan fingerprint density at radius 2 is 2.06 bits per heavy atom. The Bertz CT molecular complexity index is 505. The fourth-order valence-electron chi connectivity index (χ4n) is 1.44. The van der Waals surface area contributed by atoms with E-state index in [0.717, 1.165) is 5.69 Å². The van der Waals surface area contributed by atoms with Gasteiger partial charge in [0.25, 0.3) is 0 Å². The van der Waals surface area contributed by atoms with E-state index in [1.807, 2.05) is 12.1 Å². The minimum absolute atomic E-state index is 0.102. The van der Waals surface area contributed by atoms with E-state index < -0.39 is 5.97 Å². The number of aromatic nitrogens is 2. The van der Waals surface area contributed by atoms with E-state index in [4.69, 9.17) is 16.7 Å². The van der Waals surface area contributed by atoms with Gasteiger partial charge >= 0.3 is 5.97 Å². The predicted octanol–water partition coefficient (Wildman–Crippen LogP) is 2.15. The summed E-state index contributed by atoms with van der Waals surface area (Å²) in [7, 11) is 0. The van der Waals surface area contributed by atoms with Gasteiger partial charge in [0.1, 0.15) is 12.2 Å². The molecular formula is C11H9ClN2O2. The summed E-state index contributed by atoms with van der Waals surface area (Å²) in [5, 5.41) is 9.37. The zero-order valence-corrected chi connectivity index (χ0v) is 9.05. The average Bonchev–Trinajstić information content (AvgIpc) is 2.66. The van der Waals surface area contributed by atoms with Crippen LogP contribution in [-0.2, 0) is 11.2 Å². The topological polar surface area (TPSA) is 55.1 Å². The van der Waals surface area contributed by atoms with E-state index in [9.17, 15) is 4.79 Å². The van der Waals surface area contributed by atoms with Crippen LogP contribution in [0.4, 0.5) is 0 Å². The largest absolute Gasteiger partial charge is 0.481 e. The molecule has 1 heterocycles. The van der Waals surface area contributed by atoms with Gasteiger partial charge in [-0.2, -0.15) is 0 Å². The number of hydrogen-bond donors (Lipinski definition) is 1. The molecule has 0 atom stereocenters. The highest BCUT2D eigenvalue weighted by Crippen LogP contribution is 2.15. The molecule has 0 radical (unpaired) electrons. The smallest absolute Gasteiger partial charge is 0.311 e. The van der Waals surface area contributed by atoms with Crippen LogP contribution < -0.4 is 0 Å². The van der Waals surface area contributed by atoms with Crippen molar-refractivity contribution in [2.45, 2.75) is 6.42 Å². The van der Waals surface area contributed by atoms with Crippen molar-refractivity contribution in [3.8, 4) is 5.69 Å². The second kappa shape index (κ2) is 4.37. The monoisotopic (exact) mass is 236 g/mol. The first-order valence-electron chi connectivity index (χ1n) is 4.67. The Morgan fingerprint density at radius 3 is 2.69 bits per heavy atom. The summed E-state index contributed by atoms with van der Waals surface area (Å²) >= 11 is 5.78. The third-order valence-electron chi connectivity index (χ3n) is 2.13. The Morgan fingerprint density at radius 1 is 1.38 bits per heavy atom. The predicted molar refractivity (Wildman–Crippen MR) is 59.9 cm³/mol. The highest BCUT2D eigenvalue weighted by molar-refractivity contribution is 6.30. The first-order valence-corrected chi connectivity index (χ1v) is 5.04. The zero-order chi connectivity index (χ0) is 11.5. The number of aliphatic carboxylic acids is 1. The number of rotatable bonds is 3. The second-order valence-electron chi connectivity index (χ2n) is 3.26. The molecule has 5 heteroatoms. The molecule has 4 nitrogen and oxygen atoms in total. The molecule has 0 amide bonds. The van der Waals surface area contributed by atoms with Crippen molar-refractivity contribution in [2.24, 2.45) is 0 Å². The number of hydrogen-bond acceptors (Lipinski definition) is 2. The summed E-state index contributed by atoms with van der Waals surface area (Å²) in [6, 6.07) is 7.13. The maximum Gasteiger partial charge on any atom is 0.311 e. The maximum atomic E-state index is 10.6. The van der Waals surface area contributed by atoms with Gasteiger partial charge in [0.05, 0.1) is 0 Å². The van der Waals surface area contributed by atoms with Crippen molar-refractivity contribution >= 4 is 17.6 Å². The minimum atomic E-state index is -0.901. The number of benzene rings is 1. The Hall–Kier alpha value is -1.81. The van der Waals surface area contributed by atoms with Gasteiger partial charge in [-0.15, -0.1) is 0 Å². The highest BCUT2D eigenvalue weighted by Gasteiger charge is 2.08. The minimum Gasteiger partial charge on any atom is -0.481 e. The Labute approximate surface area is 97.1 Å². The normalized spacial score (nSPS) is 10.3. The molecule has 0 aliphatic carbocycles. The van der Waals surface area contributed by atoms with E-state index in [1.54, 1.807) is 29.1 Å². The van der Waals surface area contributed by atoms with E-state index in [1.165, 1.54) is 0 Å². The molecule has 2 aromatic rings. The first kappa shape index (κ1) is 10.7. The summed E-state index contributed by atoms with van der Waals surface area (Å²) < 4.78 is 1.73. The average molecular weight is 237 g/mol. The molecule has 0 spiro atoms. The number of carbonyl (C=O) groups is 1. The van der Waals surface area contributed by atoms with Gasteiger partial charge in [-0.25, -0.2) is 4.98 Å². The molecule has 1 aromatic heterocycles. The van der Waals surface area contributed by atoms with Crippen molar-refractivity contribution in [1.82, 2.24) is 9.55 Å². The number of imidazole rings is 1. The quantitative estimate of drug-likeness (QED) is 0.889. The molecule has 0 aliphatic heterocycles. The molecule has 0 bridgehead atoms. The van der Waals surface area contributed by atoms with E-state index >= 15 is 0 Å². The summed E-state index contributed by atoms with van der Waals surface area (Å²) in [5.74, 6) is -0.406. The van der Waals surface area contributed by atoms with Crippen molar-refractivity contribution in [3.05, 3.63) is 47.5 Å². The van der Waals surface area contributed by atoms with E-state index in [2.05, 4.69) is 4.98 Å². The maximum absolute atomic E-state index is 10.6. The highest BCUT2D eigenvalue weighted by atomic mass is 35.5. The Kier molecular flexibility index (Phi) is 2.92. The van der Waals surface area contributed by atoms with Crippen LogP contribution in [0.5, 0.6) is 0 Å². The van der Waals surface area contributed by atoms with Gasteiger partial charge < -0.3 is 9.67 Å². The molecule has 82 valence electrons.